The van der Waals surface area contributed by atoms with Crippen LogP contribution in [0, 0.1) is 11.3 Å². The van der Waals surface area contributed by atoms with Crippen LogP contribution in [0.4, 0.5) is 5.69 Å². The summed E-state index contributed by atoms with van der Waals surface area (Å²) in [6.07, 6.45) is 0.904. The first-order valence-corrected chi connectivity index (χ1v) is 6.18. The Bertz CT molecular complexity index is 539. The molecule has 4 heteroatoms. The molecule has 1 amide bonds. The molecule has 0 fully saturated rings. The Kier molecular flexibility index (Phi) is 5.13. The fourth-order valence-corrected chi connectivity index (χ4v) is 1.58. The van der Waals surface area contributed by atoms with Gasteiger partial charge in [0.2, 0.25) is 0 Å². The highest BCUT2D eigenvalue weighted by Gasteiger charge is 2.14. The molecule has 4 nitrogen and oxygen atoms in total. The third-order valence-electron chi connectivity index (χ3n) is 2.96. The van der Waals surface area contributed by atoms with Crippen molar-refractivity contribution in [3.8, 4) is 6.07 Å². The SMILES string of the molecule is CCc1cccc(NC(=O)C(C#N)=C(C)N(C)C)c1. The van der Waals surface area contributed by atoms with Crippen LogP contribution in [0.15, 0.2) is 35.5 Å². The molecule has 0 radical (unpaired) electrons. The lowest BCUT2D eigenvalue weighted by molar-refractivity contribution is -0.112. The number of carbonyl (C=O) groups excluding carboxylic acids is 1. The van der Waals surface area contributed by atoms with Crippen LogP contribution >= 0.6 is 0 Å². The van der Waals surface area contributed by atoms with E-state index in [1.807, 2.05) is 30.3 Å². The average Bonchev–Trinajstić information content (AvgIpc) is 2.39. The fraction of sp³-hybridized carbons (Fsp3) is 0.333. The third-order valence-corrected chi connectivity index (χ3v) is 2.96. The number of nitriles is 1. The van der Waals surface area contributed by atoms with Gasteiger partial charge in [0, 0.05) is 25.5 Å². The van der Waals surface area contributed by atoms with E-state index in [9.17, 15) is 4.79 Å². The first-order chi connectivity index (χ1) is 8.99. The molecule has 0 saturated heterocycles. The Hall–Kier alpha value is -2.28. The summed E-state index contributed by atoms with van der Waals surface area (Å²) < 4.78 is 0. The maximum Gasteiger partial charge on any atom is 0.268 e. The minimum absolute atomic E-state index is 0.131. The van der Waals surface area contributed by atoms with Crippen molar-refractivity contribution in [2.45, 2.75) is 20.3 Å². The predicted molar refractivity (Wildman–Crippen MR) is 76.4 cm³/mol. The second-order valence-electron chi connectivity index (χ2n) is 4.47. The minimum atomic E-state index is -0.373. The molecule has 0 bridgehead atoms. The van der Waals surface area contributed by atoms with Crippen LogP contribution in [0.2, 0.25) is 0 Å². The fourth-order valence-electron chi connectivity index (χ4n) is 1.58. The normalized spacial score (nSPS) is 11.3. The second-order valence-corrected chi connectivity index (χ2v) is 4.47. The molecular weight excluding hydrogens is 238 g/mol. The van der Waals surface area contributed by atoms with Crippen molar-refractivity contribution in [2.75, 3.05) is 19.4 Å². The molecule has 1 N–H and O–H groups in total. The highest BCUT2D eigenvalue weighted by molar-refractivity contribution is 6.07. The van der Waals surface area contributed by atoms with Crippen molar-refractivity contribution in [2.24, 2.45) is 0 Å². The number of carbonyl (C=O) groups is 1. The molecule has 0 aromatic heterocycles. The molecular formula is C15H19N3O. The van der Waals surface area contributed by atoms with Crippen molar-refractivity contribution in [1.29, 1.82) is 5.26 Å². The number of allylic oxidation sites excluding steroid dienone is 1. The summed E-state index contributed by atoms with van der Waals surface area (Å²) in [6, 6.07) is 9.58. The van der Waals surface area contributed by atoms with Crippen molar-refractivity contribution in [3.05, 3.63) is 41.1 Å². The summed E-state index contributed by atoms with van der Waals surface area (Å²) >= 11 is 0. The number of nitrogens with zero attached hydrogens (tertiary/aromatic N) is 2. The van der Waals surface area contributed by atoms with E-state index in [4.69, 9.17) is 5.26 Å². The zero-order valence-corrected chi connectivity index (χ0v) is 11.8. The van der Waals surface area contributed by atoms with E-state index in [0.29, 0.717) is 11.4 Å². The molecule has 0 aliphatic rings. The lowest BCUT2D eigenvalue weighted by Crippen LogP contribution is -2.20. The highest BCUT2D eigenvalue weighted by Crippen LogP contribution is 2.14. The summed E-state index contributed by atoms with van der Waals surface area (Å²) in [6.45, 7) is 3.80. The summed E-state index contributed by atoms with van der Waals surface area (Å²) in [5.74, 6) is -0.373. The smallest absolute Gasteiger partial charge is 0.268 e. The van der Waals surface area contributed by atoms with Gasteiger partial charge in [0.1, 0.15) is 11.6 Å². The molecule has 1 aromatic carbocycles. The number of benzene rings is 1. The molecule has 0 unspecified atom stereocenters. The van der Waals surface area contributed by atoms with Crippen molar-refractivity contribution in [1.82, 2.24) is 4.90 Å². The zero-order chi connectivity index (χ0) is 14.4. The molecule has 100 valence electrons. The van der Waals surface area contributed by atoms with E-state index < -0.39 is 0 Å². The Morgan fingerprint density at radius 1 is 1.42 bits per heavy atom. The maximum atomic E-state index is 12.1. The summed E-state index contributed by atoms with van der Waals surface area (Å²) in [4.78, 5) is 13.8. The lowest BCUT2D eigenvalue weighted by Gasteiger charge is -2.15. The molecule has 1 aromatic rings. The van der Waals surface area contributed by atoms with E-state index in [2.05, 4.69) is 12.2 Å². The summed E-state index contributed by atoms with van der Waals surface area (Å²) in [5, 5.41) is 11.9. The summed E-state index contributed by atoms with van der Waals surface area (Å²) in [7, 11) is 3.61. The zero-order valence-electron chi connectivity index (χ0n) is 11.8. The quantitative estimate of drug-likeness (QED) is 0.666. The average molecular weight is 257 g/mol. The van der Waals surface area contributed by atoms with Crippen LogP contribution in [0.1, 0.15) is 19.4 Å². The van der Waals surface area contributed by atoms with Crippen LogP contribution in [0.5, 0.6) is 0 Å². The van der Waals surface area contributed by atoms with Crippen LogP contribution in [-0.4, -0.2) is 24.9 Å². The first kappa shape index (κ1) is 14.8. The number of amides is 1. The van der Waals surface area contributed by atoms with Crippen LogP contribution in [0.25, 0.3) is 0 Å². The molecule has 0 heterocycles. The largest absolute Gasteiger partial charge is 0.380 e. The number of rotatable bonds is 4. The molecule has 0 saturated carbocycles. The number of nitrogens with one attached hydrogen (secondary N) is 1. The molecule has 1 rings (SSSR count). The van der Waals surface area contributed by atoms with Gasteiger partial charge in [-0.3, -0.25) is 4.79 Å². The minimum Gasteiger partial charge on any atom is -0.380 e. The number of hydrogen-bond donors (Lipinski definition) is 1. The van der Waals surface area contributed by atoms with Gasteiger partial charge >= 0.3 is 0 Å². The van der Waals surface area contributed by atoms with Crippen molar-refractivity contribution < 1.29 is 4.79 Å². The van der Waals surface area contributed by atoms with E-state index in [0.717, 1.165) is 12.0 Å². The lowest BCUT2D eigenvalue weighted by atomic mass is 10.1. The monoisotopic (exact) mass is 257 g/mol. The van der Waals surface area contributed by atoms with E-state index >= 15 is 0 Å². The van der Waals surface area contributed by atoms with E-state index in [1.54, 1.807) is 25.9 Å². The maximum absolute atomic E-state index is 12.1. The van der Waals surface area contributed by atoms with Crippen LogP contribution in [0.3, 0.4) is 0 Å². The molecule has 0 aliphatic heterocycles. The highest BCUT2D eigenvalue weighted by atomic mass is 16.1. The van der Waals surface area contributed by atoms with E-state index in [-0.39, 0.29) is 11.5 Å². The van der Waals surface area contributed by atoms with Gasteiger partial charge < -0.3 is 10.2 Å². The van der Waals surface area contributed by atoms with Gasteiger partial charge in [-0.15, -0.1) is 0 Å². The van der Waals surface area contributed by atoms with Gasteiger partial charge in [0.15, 0.2) is 0 Å². The van der Waals surface area contributed by atoms with E-state index in [1.165, 1.54) is 0 Å². The molecule has 19 heavy (non-hydrogen) atoms. The number of anilines is 1. The molecule has 0 spiro atoms. The van der Waals surface area contributed by atoms with Crippen LogP contribution in [-0.2, 0) is 11.2 Å². The van der Waals surface area contributed by atoms with Gasteiger partial charge in [-0.1, -0.05) is 19.1 Å². The Morgan fingerprint density at radius 2 is 2.11 bits per heavy atom. The van der Waals surface area contributed by atoms with Gasteiger partial charge in [-0.05, 0) is 31.0 Å². The Morgan fingerprint density at radius 3 is 2.63 bits per heavy atom. The first-order valence-electron chi connectivity index (χ1n) is 6.18. The Balaban J connectivity index is 2.96. The van der Waals surface area contributed by atoms with Gasteiger partial charge in [-0.2, -0.15) is 5.26 Å². The van der Waals surface area contributed by atoms with Crippen molar-refractivity contribution in [3.63, 3.8) is 0 Å². The number of aryl methyl sites for hydroxylation is 1. The predicted octanol–water partition coefficient (Wildman–Crippen LogP) is 2.55. The topological polar surface area (TPSA) is 56.1 Å². The van der Waals surface area contributed by atoms with Gasteiger partial charge in [-0.25, -0.2) is 0 Å². The molecule has 0 aliphatic carbocycles. The molecule has 0 atom stereocenters. The Labute approximate surface area is 114 Å². The standard InChI is InChI=1S/C15H19N3O/c1-5-12-7-6-8-13(9-12)17-15(19)14(10-16)11(2)18(3)4/h6-9H,5H2,1-4H3,(H,17,19). The van der Waals surface area contributed by atoms with Crippen LogP contribution < -0.4 is 5.32 Å². The van der Waals surface area contributed by atoms with Gasteiger partial charge in [0.05, 0.1) is 0 Å². The summed E-state index contributed by atoms with van der Waals surface area (Å²) in [5.41, 5.74) is 2.63. The second kappa shape index (κ2) is 6.60. The third kappa shape index (κ3) is 3.85. The number of hydrogen-bond acceptors (Lipinski definition) is 3. The van der Waals surface area contributed by atoms with Crippen molar-refractivity contribution >= 4 is 11.6 Å². The van der Waals surface area contributed by atoms with Gasteiger partial charge in [0.25, 0.3) is 5.91 Å².